The molecule has 0 aromatic heterocycles. The van der Waals surface area contributed by atoms with Gasteiger partial charge in [-0.05, 0) is 38.8 Å². The van der Waals surface area contributed by atoms with E-state index in [4.69, 9.17) is 4.74 Å². The quantitative estimate of drug-likeness (QED) is 0.833. The van der Waals surface area contributed by atoms with E-state index in [0.29, 0.717) is 32.4 Å². The summed E-state index contributed by atoms with van der Waals surface area (Å²) in [5, 5.41) is 2.98. The minimum Gasteiger partial charge on any atom is -0.487 e. The lowest BCUT2D eigenvalue weighted by Gasteiger charge is -2.46. The third-order valence-electron chi connectivity index (χ3n) is 5.58. The fourth-order valence-electron chi connectivity index (χ4n) is 4.19. The molecule has 0 bridgehead atoms. The maximum absolute atomic E-state index is 12.4. The van der Waals surface area contributed by atoms with Crippen LogP contribution in [0.2, 0.25) is 0 Å². The topological polar surface area (TPSA) is 75.7 Å². The van der Waals surface area contributed by atoms with Crippen molar-refractivity contribution in [2.75, 3.05) is 18.8 Å². The molecule has 0 unspecified atom stereocenters. The van der Waals surface area contributed by atoms with Crippen LogP contribution >= 0.6 is 0 Å². The molecule has 6 nitrogen and oxygen atoms in total. The number of carbonyl (C=O) groups excluding carboxylic acids is 1. The molecule has 2 aliphatic heterocycles. The largest absolute Gasteiger partial charge is 0.487 e. The van der Waals surface area contributed by atoms with Crippen molar-refractivity contribution < 1.29 is 17.9 Å². The van der Waals surface area contributed by atoms with Crippen LogP contribution in [0.1, 0.15) is 57.9 Å². The molecule has 1 amide bonds. The van der Waals surface area contributed by atoms with Crippen LogP contribution in [0.25, 0.3) is 0 Å². The maximum Gasteiger partial charge on any atom is 0.220 e. The Labute approximate surface area is 162 Å². The van der Waals surface area contributed by atoms with Gasteiger partial charge in [-0.2, -0.15) is 0 Å². The van der Waals surface area contributed by atoms with Gasteiger partial charge in [-0.15, -0.1) is 0 Å². The highest BCUT2D eigenvalue weighted by molar-refractivity contribution is 7.89. The van der Waals surface area contributed by atoms with Crippen molar-refractivity contribution >= 4 is 15.9 Å². The van der Waals surface area contributed by atoms with Crippen LogP contribution in [-0.2, 0) is 14.8 Å². The van der Waals surface area contributed by atoms with E-state index < -0.39 is 15.6 Å². The number of ether oxygens (including phenoxy) is 1. The fraction of sp³-hybridized carbons (Fsp3) is 0.650. The molecule has 2 heterocycles. The third-order valence-corrected chi connectivity index (χ3v) is 7.46. The number of hydrogen-bond acceptors (Lipinski definition) is 4. The van der Waals surface area contributed by atoms with Crippen LogP contribution in [0.15, 0.2) is 24.3 Å². The maximum atomic E-state index is 12.4. The lowest BCUT2D eigenvalue weighted by atomic mass is 9.76. The molecule has 2 aliphatic rings. The summed E-state index contributed by atoms with van der Waals surface area (Å²) in [6, 6.07) is 8.03. The van der Waals surface area contributed by atoms with E-state index in [2.05, 4.69) is 5.32 Å². The van der Waals surface area contributed by atoms with Crippen molar-refractivity contribution in [2.24, 2.45) is 0 Å². The van der Waals surface area contributed by atoms with E-state index in [1.54, 1.807) is 11.2 Å². The first-order chi connectivity index (χ1) is 12.7. The van der Waals surface area contributed by atoms with Crippen LogP contribution in [0.4, 0.5) is 0 Å². The van der Waals surface area contributed by atoms with Crippen LogP contribution in [0, 0.1) is 0 Å². The normalized spacial score (nSPS) is 22.3. The highest BCUT2D eigenvalue weighted by Gasteiger charge is 2.45. The summed E-state index contributed by atoms with van der Waals surface area (Å²) >= 11 is 0. The van der Waals surface area contributed by atoms with Gasteiger partial charge in [0.05, 0.1) is 5.75 Å². The monoisotopic (exact) mass is 394 g/mol. The van der Waals surface area contributed by atoms with Crippen LogP contribution in [0.5, 0.6) is 5.75 Å². The summed E-state index contributed by atoms with van der Waals surface area (Å²) < 4.78 is 32.3. The number of fused-ring (bicyclic) bond motifs is 1. The second kappa shape index (κ2) is 7.80. The molecule has 27 heavy (non-hydrogen) atoms. The first-order valence-electron chi connectivity index (χ1n) is 9.80. The molecular weight excluding hydrogens is 364 g/mol. The number of nitrogens with one attached hydrogen (secondary N) is 1. The molecule has 1 fully saturated rings. The zero-order valence-electron chi connectivity index (χ0n) is 16.4. The van der Waals surface area contributed by atoms with E-state index in [-0.39, 0.29) is 23.6 Å². The molecule has 150 valence electrons. The summed E-state index contributed by atoms with van der Waals surface area (Å²) in [5.74, 6) is 1.09. The van der Waals surface area contributed by atoms with Gasteiger partial charge in [0.15, 0.2) is 0 Å². The van der Waals surface area contributed by atoms with Gasteiger partial charge in [-0.3, -0.25) is 4.79 Å². The number of amides is 1. The number of piperidine rings is 1. The molecule has 3 rings (SSSR count). The molecule has 1 saturated heterocycles. The summed E-state index contributed by atoms with van der Waals surface area (Å²) in [6.07, 6.45) is 2.48. The zero-order chi connectivity index (χ0) is 19.7. The van der Waals surface area contributed by atoms with Crippen molar-refractivity contribution in [2.45, 2.75) is 64.0 Å². The van der Waals surface area contributed by atoms with Crippen LogP contribution in [-0.4, -0.2) is 49.1 Å². The van der Waals surface area contributed by atoms with E-state index in [0.717, 1.165) is 17.7 Å². The predicted molar refractivity (Wildman–Crippen MR) is 105 cm³/mol. The first kappa shape index (κ1) is 20.1. The third kappa shape index (κ3) is 4.46. The fourth-order valence-corrected chi connectivity index (χ4v) is 5.30. The summed E-state index contributed by atoms with van der Waals surface area (Å²) in [4.78, 5) is 12.4. The van der Waals surface area contributed by atoms with Gasteiger partial charge >= 0.3 is 0 Å². The van der Waals surface area contributed by atoms with Crippen molar-refractivity contribution in [1.29, 1.82) is 0 Å². The molecule has 1 aromatic rings. The number of benzene rings is 1. The van der Waals surface area contributed by atoms with Gasteiger partial charge in [-0.1, -0.05) is 18.2 Å². The summed E-state index contributed by atoms with van der Waals surface area (Å²) in [7, 11) is -3.17. The van der Waals surface area contributed by atoms with Crippen molar-refractivity contribution in [1.82, 2.24) is 9.62 Å². The number of para-hydroxylation sites is 1. The molecule has 1 atom stereocenters. The SMILES string of the molecule is CCS(=O)(=O)N1CCC2(CC1)C[C@@H](CC(=O)NC(C)C)c1ccccc1O2. The Hall–Kier alpha value is -1.60. The number of nitrogens with zero attached hydrogens (tertiary/aromatic N) is 1. The van der Waals surface area contributed by atoms with E-state index >= 15 is 0 Å². The van der Waals surface area contributed by atoms with Crippen molar-refractivity contribution in [3.05, 3.63) is 29.8 Å². The minimum absolute atomic E-state index is 0.0489. The van der Waals surface area contributed by atoms with E-state index in [1.807, 2.05) is 38.1 Å². The molecule has 1 aromatic carbocycles. The van der Waals surface area contributed by atoms with Crippen LogP contribution in [0.3, 0.4) is 0 Å². The summed E-state index contributed by atoms with van der Waals surface area (Å²) in [6.45, 7) is 6.55. The molecule has 0 saturated carbocycles. The molecule has 0 aliphatic carbocycles. The second-order valence-corrected chi connectivity index (χ2v) is 10.2. The highest BCUT2D eigenvalue weighted by Crippen LogP contribution is 2.46. The molecule has 1 N–H and O–H groups in total. The Bertz CT molecular complexity index is 783. The Morgan fingerprint density at radius 1 is 1.30 bits per heavy atom. The Morgan fingerprint density at radius 3 is 2.59 bits per heavy atom. The smallest absolute Gasteiger partial charge is 0.220 e. The lowest BCUT2D eigenvalue weighted by Crippen LogP contribution is -2.52. The van der Waals surface area contributed by atoms with E-state index in [9.17, 15) is 13.2 Å². The molecular formula is C20H30N2O4S. The number of sulfonamides is 1. The van der Waals surface area contributed by atoms with Crippen molar-refractivity contribution in [3.8, 4) is 5.75 Å². The Balaban J connectivity index is 1.79. The number of rotatable bonds is 5. The van der Waals surface area contributed by atoms with Gasteiger partial charge in [0.25, 0.3) is 0 Å². The average Bonchev–Trinajstić information content (AvgIpc) is 2.61. The molecule has 0 radical (unpaired) electrons. The minimum atomic E-state index is -3.17. The Morgan fingerprint density at radius 2 is 1.96 bits per heavy atom. The van der Waals surface area contributed by atoms with Crippen LogP contribution < -0.4 is 10.1 Å². The van der Waals surface area contributed by atoms with Crippen molar-refractivity contribution in [3.63, 3.8) is 0 Å². The molecule has 1 spiro atoms. The lowest BCUT2D eigenvalue weighted by molar-refractivity contribution is -0.122. The number of hydrogen-bond donors (Lipinski definition) is 1. The zero-order valence-corrected chi connectivity index (χ0v) is 17.2. The predicted octanol–water partition coefficient (Wildman–Crippen LogP) is 2.65. The number of carbonyl (C=O) groups is 1. The highest BCUT2D eigenvalue weighted by atomic mass is 32.2. The van der Waals surface area contributed by atoms with Gasteiger partial charge in [-0.25, -0.2) is 12.7 Å². The standard InChI is InChI=1S/C20H30N2O4S/c1-4-27(24,25)22-11-9-20(10-12-22)14-16(13-19(23)21-15(2)3)17-7-5-6-8-18(17)26-20/h5-8,15-16H,4,9-14H2,1-3H3,(H,21,23)/t16-/m1/s1. The van der Waals surface area contributed by atoms with Gasteiger partial charge < -0.3 is 10.1 Å². The second-order valence-electron chi connectivity index (χ2n) is 7.95. The van der Waals surface area contributed by atoms with Gasteiger partial charge in [0.1, 0.15) is 11.4 Å². The van der Waals surface area contributed by atoms with Gasteiger partial charge in [0, 0.05) is 44.3 Å². The summed E-state index contributed by atoms with van der Waals surface area (Å²) in [5.41, 5.74) is 0.683. The Kier molecular flexibility index (Phi) is 5.82. The van der Waals surface area contributed by atoms with Gasteiger partial charge in [0.2, 0.25) is 15.9 Å². The first-order valence-corrected chi connectivity index (χ1v) is 11.4. The average molecular weight is 395 g/mol. The van der Waals surface area contributed by atoms with E-state index in [1.165, 1.54) is 0 Å². The molecule has 7 heteroatoms.